The summed E-state index contributed by atoms with van der Waals surface area (Å²) < 4.78 is 13.5. The van der Waals surface area contributed by atoms with E-state index in [2.05, 4.69) is 5.32 Å². The molecule has 0 aliphatic rings. The molecule has 1 atom stereocenters. The van der Waals surface area contributed by atoms with Crippen LogP contribution >= 0.6 is 12.4 Å². The normalized spacial score (nSPS) is 11.5. The maximum absolute atomic E-state index is 13.5. The lowest BCUT2D eigenvalue weighted by Gasteiger charge is -2.12. The van der Waals surface area contributed by atoms with Gasteiger partial charge in [-0.2, -0.15) is 0 Å². The number of halogens is 2. The van der Waals surface area contributed by atoms with Gasteiger partial charge in [0.1, 0.15) is 5.82 Å². The number of nitrogens with one attached hydrogen (secondary N) is 1. The van der Waals surface area contributed by atoms with Crippen molar-refractivity contribution < 1.29 is 9.18 Å². The molecule has 0 aliphatic carbocycles. The van der Waals surface area contributed by atoms with Crippen LogP contribution in [0.1, 0.15) is 22.8 Å². The molecule has 1 rings (SSSR count). The first-order valence-electron chi connectivity index (χ1n) is 4.82. The number of nitrogens with two attached hydrogens (primary N) is 1. The van der Waals surface area contributed by atoms with Crippen LogP contribution in [0.15, 0.2) is 18.2 Å². The molecular formula is C11H16ClFN2O. The highest BCUT2D eigenvalue weighted by Gasteiger charge is 2.14. The lowest BCUT2D eigenvalue weighted by molar-refractivity contribution is 0.0937. The first kappa shape index (κ1) is 14.9. The summed E-state index contributed by atoms with van der Waals surface area (Å²) in [6, 6.07) is 4.58. The number of carbonyl (C=O) groups excluding carboxylic acids is 1. The highest BCUT2D eigenvalue weighted by molar-refractivity contribution is 5.94. The molecule has 1 aromatic rings. The van der Waals surface area contributed by atoms with Crippen molar-refractivity contribution in [2.45, 2.75) is 19.9 Å². The fourth-order valence-electron chi connectivity index (χ4n) is 1.18. The summed E-state index contributed by atoms with van der Waals surface area (Å²) in [6.07, 6.45) is 0. The van der Waals surface area contributed by atoms with Crippen molar-refractivity contribution in [1.29, 1.82) is 0 Å². The SMILES string of the molecule is Cc1cccc(C(=O)N[C@H](C)CN)c1F.Cl. The largest absolute Gasteiger partial charge is 0.348 e. The second-order valence-electron chi connectivity index (χ2n) is 3.55. The smallest absolute Gasteiger partial charge is 0.254 e. The molecule has 0 saturated heterocycles. The molecule has 0 fully saturated rings. The molecule has 0 bridgehead atoms. The predicted octanol–water partition coefficient (Wildman–Crippen LogP) is 1.63. The van der Waals surface area contributed by atoms with E-state index in [0.29, 0.717) is 12.1 Å². The average molecular weight is 247 g/mol. The van der Waals surface area contributed by atoms with Crippen LogP contribution in [0.5, 0.6) is 0 Å². The third kappa shape index (κ3) is 3.47. The average Bonchev–Trinajstić information content (AvgIpc) is 2.21. The van der Waals surface area contributed by atoms with E-state index in [1.165, 1.54) is 6.07 Å². The van der Waals surface area contributed by atoms with E-state index >= 15 is 0 Å². The molecule has 0 radical (unpaired) electrons. The zero-order valence-electron chi connectivity index (χ0n) is 9.29. The fraction of sp³-hybridized carbons (Fsp3) is 0.364. The van der Waals surface area contributed by atoms with Crippen LogP contribution in [-0.4, -0.2) is 18.5 Å². The third-order valence-electron chi connectivity index (χ3n) is 2.17. The minimum Gasteiger partial charge on any atom is -0.348 e. The van der Waals surface area contributed by atoms with Gasteiger partial charge < -0.3 is 11.1 Å². The zero-order chi connectivity index (χ0) is 11.4. The van der Waals surface area contributed by atoms with Crippen LogP contribution in [0.4, 0.5) is 4.39 Å². The summed E-state index contributed by atoms with van der Waals surface area (Å²) in [6.45, 7) is 3.73. The second-order valence-corrected chi connectivity index (χ2v) is 3.55. The van der Waals surface area contributed by atoms with Gasteiger partial charge in [0.05, 0.1) is 5.56 Å². The van der Waals surface area contributed by atoms with Crippen LogP contribution in [-0.2, 0) is 0 Å². The minimum absolute atomic E-state index is 0. The highest BCUT2D eigenvalue weighted by atomic mass is 35.5. The first-order valence-corrected chi connectivity index (χ1v) is 4.82. The predicted molar refractivity (Wildman–Crippen MR) is 64.4 cm³/mol. The van der Waals surface area contributed by atoms with Crippen LogP contribution in [0.25, 0.3) is 0 Å². The molecule has 16 heavy (non-hydrogen) atoms. The zero-order valence-corrected chi connectivity index (χ0v) is 10.1. The van der Waals surface area contributed by atoms with Gasteiger partial charge >= 0.3 is 0 Å². The molecule has 0 aliphatic heterocycles. The van der Waals surface area contributed by atoms with Gasteiger partial charge in [-0.25, -0.2) is 4.39 Å². The topological polar surface area (TPSA) is 55.1 Å². The highest BCUT2D eigenvalue weighted by Crippen LogP contribution is 2.11. The van der Waals surface area contributed by atoms with E-state index in [4.69, 9.17) is 5.73 Å². The number of hydrogen-bond acceptors (Lipinski definition) is 2. The van der Waals surface area contributed by atoms with E-state index in [9.17, 15) is 9.18 Å². The Balaban J connectivity index is 0.00000225. The molecule has 0 heterocycles. The number of amides is 1. The summed E-state index contributed by atoms with van der Waals surface area (Å²) in [4.78, 5) is 11.6. The molecule has 1 aromatic carbocycles. The monoisotopic (exact) mass is 246 g/mol. The Bertz CT molecular complexity index is 371. The first-order chi connectivity index (χ1) is 7.06. The van der Waals surface area contributed by atoms with Gasteiger partial charge in [0, 0.05) is 12.6 Å². The molecule has 5 heteroatoms. The maximum atomic E-state index is 13.5. The Hall–Kier alpha value is -1.13. The van der Waals surface area contributed by atoms with Crippen molar-refractivity contribution in [1.82, 2.24) is 5.32 Å². The molecule has 3 N–H and O–H groups in total. The number of aryl methyl sites for hydroxylation is 1. The molecule has 0 aromatic heterocycles. The molecule has 1 amide bonds. The van der Waals surface area contributed by atoms with Gasteiger partial charge in [0.25, 0.3) is 5.91 Å². The van der Waals surface area contributed by atoms with E-state index in [-0.39, 0.29) is 24.0 Å². The van der Waals surface area contributed by atoms with E-state index in [1.54, 1.807) is 26.0 Å². The van der Waals surface area contributed by atoms with Crippen molar-refractivity contribution in [2.24, 2.45) is 5.73 Å². The summed E-state index contributed by atoms with van der Waals surface area (Å²) in [5.41, 5.74) is 5.88. The Morgan fingerprint density at radius 1 is 1.56 bits per heavy atom. The fourth-order valence-corrected chi connectivity index (χ4v) is 1.18. The van der Waals surface area contributed by atoms with Crippen molar-refractivity contribution in [3.63, 3.8) is 0 Å². The lowest BCUT2D eigenvalue weighted by atomic mass is 10.1. The van der Waals surface area contributed by atoms with E-state index in [1.807, 2.05) is 0 Å². The number of hydrogen-bond donors (Lipinski definition) is 2. The standard InChI is InChI=1S/C11H15FN2O.ClH/c1-7-4-3-5-9(10(7)12)11(15)14-8(2)6-13;/h3-5,8H,6,13H2,1-2H3,(H,14,15);1H/t8-;/m1./s1. The van der Waals surface area contributed by atoms with Crippen molar-refractivity contribution in [2.75, 3.05) is 6.54 Å². The van der Waals surface area contributed by atoms with E-state index < -0.39 is 11.7 Å². The van der Waals surface area contributed by atoms with Crippen LogP contribution in [0.3, 0.4) is 0 Å². The summed E-state index contributed by atoms with van der Waals surface area (Å²) in [7, 11) is 0. The summed E-state index contributed by atoms with van der Waals surface area (Å²) in [5.74, 6) is -0.895. The van der Waals surface area contributed by atoms with Gasteiger partial charge in [0.2, 0.25) is 0 Å². The van der Waals surface area contributed by atoms with Crippen LogP contribution in [0.2, 0.25) is 0 Å². The summed E-state index contributed by atoms with van der Waals surface area (Å²) in [5, 5.41) is 2.61. The number of benzene rings is 1. The van der Waals surface area contributed by atoms with Crippen molar-refractivity contribution >= 4 is 18.3 Å². The van der Waals surface area contributed by atoms with Gasteiger partial charge in [-0.1, -0.05) is 12.1 Å². The minimum atomic E-state index is -0.473. The summed E-state index contributed by atoms with van der Waals surface area (Å²) >= 11 is 0. The number of carbonyl (C=O) groups is 1. The Morgan fingerprint density at radius 2 is 2.19 bits per heavy atom. The maximum Gasteiger partial charge on any atom is 0.254 e. The van der Waals surface area contributed by atoms with E-state index in [0.717, 1.165) is 0 Å². The molecule has 0 spiro atoms. The Labute approximate surface area is 101 Å². The van der Waals surface area contributed by atoms with Gasteiger partial charge in [-0.15, -0.1) is 12.4 Å². The Morgan fingerprint density at radius 3 is 2.75 bits per heavy atom. The van der Waals surface area contributed by atoms with Gasteiger partial charge in [-0.3, -0.25) is 4.79 Å². The van der Waals surface area contributed by atoms with Crippen LogP contribution in [0, 0.1) is 12.7 Å². The molecular weight excluding hydrogens is 231 g/mol. The third-order valence-corrected chi connectivity index (χ3v) is 2.17. The quantitative estimate of drug-likeness (QED) is 0.852. The molecule has 3 nitrogen and oxygen atoms in total. The van der Waals surface area contributed by atoms with Gasteiger partial charge in [-0.05, 0) is 25.5 Å². The second kappa shape index (κ2) is 6.45. The molecule has 90 valence electrons. The lowest BCUT2D eigenvalue weighted by Crippen LogP contribution is -2.38. The number of rotatable bonds is 3. The van der Waals surface area contributed by atoms with Gasteiger partial charge in [0.15, 0.2) is 0 Å². The van der Waals surface area contributed by atoms with Crippen molar-refractivity contribution in [3.05, 3.63) is 35.1 Å². The molecule has 0 unspecified atom stereocenters. The van der Waals surface area contributed by atoms with Crippen LogP contribution < -0.4 is 11.1 Å². The molecule has 0 saturated carbocycles. The Kier molecular flexibility index (Phi) is 6.00. The van der Waals surface area contributed by atoms with Crippen molar-refractivity contribution in [3.8, 4) is 0 Å².